The number of amides is 1. The Labute approximate surface area is 117 Å². The van der Waals surface area contributed by atoms with Crippen molar-refractivity contribution in [3.8, 4) is 0 Å². The number of nitro benzene ring substituents is 1. The third-order valence-electron chi connectivity index (χ3n) is 3.86. The van der Waals surface area contributed by atoms with E-state index in [1.165, 1.54) is 18.6 Å². The molecule has 1 aliphatic carbocycles. The summed E-state index contributed by atoms with van der Waals surface area (Å²) in [7, 11) is 0. The highest BCUT2D eigenvalue weighted by Crippen LogP contribution is 2.32. The molecule has 6 nitrogen and oxygen atoms in total. The summed E-state index contributed by atoms with van der Waals surface area (Å²) in [6.45, 7) is 2.95. The summed E-state index contributed by atoms with van der Waals surface area (Å²) >= 11 is 0. The first-order chi connectivity index (χ1) is 9.47. The first-order valence-electron chi connectivity index (χ1n) is 6.79. The monoisotopic (exact) mass is 277 g/mol. The van der Waals surface area contributed by atoms with Gasteiger partial charge in [-0.25, -0.2) is 0 Å². The van der Waals surface area contributed by atoms with Crippen LogP contribution in [0.25, 0.3) is 0 Å². The molecule has 1 aromatic rings. The molecule has 2 unspecified atom stereocenters. The fourth-order valence-electron chi connectivity index (χ4n) is 2.75. The summed E-state index contributed by atoms with van der Waals surface area (Å²) in [6, 6.07) is 4.29. The number of anilines is 1. The smallest absolute Gasteiger partial charge is 0.293 e. The van der Waals surface area contributed by atoms with Crippen LogP contribution in [0, 0.1) is 22.0 Å². The highest BCUT2D eigenvalue weighted by molar-refractivity contribution is 5.94. The van der Waals surface area contributed by atoms with Crippen molar-refractivity contribution in [3.05, 3.63) is 33.9 Å². The number of nitro groups is 1. The molecule has 0 heterocycles. The van der Waals surface area contributed by atoms with Gasteiger partial charge < -0.3 is 11.1 Å². The molecule has 0 aromatic heterocycles. The first-order valence-corrected chi connectivity index (χ1v) is 6.79. The van der Waals surface area contributed by atoms with E-state index in [4.69, 9.17) is 5.73 Å². The molecular formula is C14H19N3O3. The molecule has 1 fully saturated rings. The lowest BCUT2D eigenvalue weighted by atomic mass is 10.1. The van der Waals surface area contributed by atoms with Crippen molar-refractivity contribution in [2.75, 3.05) is 11.9 Å². The largest absolute Gasteiger partial charge is 0.379 e. The third-order valence-corrected chi connectivity index (χ3v) is 3.86. The predicted molar refractivity (Wildman–Crippen MR) is 76.6 cm³/mol. The van der Waals surface area contributed by atoms with Crippen molar-refractivity contribution in [1.82, 2.24) is 0 Å². The maximum absolute atomic E-state index is 11.1. The molecule has 1 saturated carbocycles. The van der Waals surface area contributed by atoms with Crippen LogP contribution in [-0.2, 0) is 0 Å². The van der Waals surface area contributed by atoms with E-state index >= 15 is 0 Å². The van der Waals surface area contributed by atoms with Crippen LogP contribution in [0.4, 0.5) is 11.4 Å². The van der Waals surface area contributed by atoms with E-state index < -0.39 is 10.8 Å². The zero-order valence-electron chi connectivity index (χ0n) is 11.5. The number of nitrogens with two attached hydrogens (primary N) is 1. The number of primary amides is 1. The minimum Gasteiger partial charge on any atom is -0.379 e. The molecule has 1 aromatic carbocycles. The van der Waals surface area contributed by atoms with Gasteiger partial charge in [0, 0.05) is 18.2 Å². The molecule has 0 saturated heterocycles. The van der Waals surface area contributed by atoms with E-state index in [1.807, 2.05) is 0 Å². The van der Waals surface area contributed by atoms with Gasteiger partial charge in [0.2, 0.25) is 5.91 Å². The average Bonchev–Trinajstić information content (AvgIpc) is 2.81. The number of benzene rings is 1. The van der Waals surface area contributed by atoms with E-state index in [0.29, 0.717) is 11.6 Å². The Morgan fingerprint density at radius 3 is 2.80 bits per heavy atom. The van der Waals surface area contributed by atoms with E-state index in [-0.39, 0.29) is 11.3 Å². The van der Waals surface area contributed by atoms with Crippen molar-refractivity contribution < 1.29 is 9.72 Å². The zero-order chi connectivity index (χ0) is 14.7. The normalized spacial score (nSPS) is 21.6. The third kappa shape index (κ3) is 3.26. The fraction of sp³-hybridized carbons (Fsp3) is 0.500. The molecular weight excluding hydrogens is 258 g/mol. The number of nitrogens with zero attached hydrogens (tertiary/aromatic N) is 1. The molecule has 0 radical (unpaired) electrons. The Bertz CT molecular complexity index is 530. The first kappa shape index (κ1) is 14.3. The van der Waals surface area contributed by atoms with E-state index in [2.05, 4.69) is 12.2 Å². The predicted octanol–water partition coefficient (Wildman–Crippen LogP) is 2.54. The molecule has 3 N–H and O–H groups in total. The van der Waals surface area contributed by atoms with E-state index in [1.54, 1.807) is 6.07 Å². The van der Waals surface area contributed by atoms with Crippen LogP contribution in [-0.4, -0.2) is 17.4 Å². The van der Waals surface area contributed by atoms with Gasteiger partial charge in [-0.1, -0.05) is 13.3 Å². The highest BCUT2D eigenvalue weighted by Gasteiger charge is 2.22. The van der Waals surface area contributed by atoms with Crippen LogP contribution >= 0.6 is 0 Å². The van der Waals surface area contributed by atoms with Gasteiger partial charge in [0.25, 0.3) is 5.69 Å². The number of carbonyl (C=O) groups excluding carboxylic acids is 1. The van der Waals surface area contributed by atoms with Gasteiger partial charge in [0.05, 0.1) is 4.92 Å². The van der Waals surface area contributed by atoms with E-state index in [0.717, 1.165) is 25.3 Å². The quantitative estimate of drug-likeness (QED) is 0.638. The van der Waals surface area contributed by atoms with Crippen LogP contribution in [0.1, 0.15) is 36.5 Å². The minimum atomic E-state index is -0.663. The summed E-state index contributed by atoms with van der Waals surface area (Å²) in [6.07, 6.45) is 3.52. The van der Waals surface area contributed by atoms with Gasteiger partial charge in [-0.3, -0.25) is 14.9 Å². The second-order valence-electron chi connectivity index (χ2n) is 5.52. The fourth-order valence-corrected chi connectivity index (χ4v) is 2.75. The van der Waals surface area contributed by atoms with Gasteiger partial charge in [0.15, 0.2) is 0 Å². The number of hydrogen-bond donors (Lipinski definition) is 2. The van der Waals surface area contributed by atoms with Crippen molar-refractivity contribution in [2.24, 2.45) is 17.6 Å². The Hall–Kier alpha value is -2.11. The molecule has 108 valence electrons. The summed E-state index contributed by atoms with van der Waals surface area (Å²) in [5.41, 5.74) is 5.63. The molecule has 1 amide bonds. The van der Waals surface area contributed by atoms with Crippen molar-refractivity contribution in [3.63, 3.8) is 0 Å². The maximum Gasteiger partial charge on any atom is 0.293 e. The molecule has 6 heteroatoms. The van der Waals surface area contributed by atoms with Gasteiger partial charge in [-0.2, -0.15) is 0 Å². The zero-order valence-corrected chi connectivity index (χ0v) is 11.5. The molecule has 0 spiro atoms. The molecule has 2 rings (SSSR count). The summed E-state index contributed by atoms with van der Waals surface area (Å²) < 4.78 is 0. The van der Waals surface area contributed by atoms with Crippen molar-refractivity contribution >= 4 is 17.3 Å². The van der Waals surface area contributed by atoms with Crippen LogP contribution < -0.4 is 11.1 Å². The number of hydrogen-bond acceptors (Lipinski definition) is 4. The molecule has 2 atom stereocenters. The molecule has 1 aliphatic rings. The highest BCUT2D eigenvalue weighted by atomic mass is 16.6. The standard InChI is InChI=1S/C14H19N3O3/c1-9-2-3-10(6-9)8-16-12-5-4-11(14(15)18)7-13(12)17(19)20/h4-5,7,9-10,16H,2-3,6,8H2,1H3,(H2,15,18). The van der Waals surface area contributed by atoms with Crippen LogP contribution in [0.3, 0.4) is 0 Å². The molecule has 0 aliphatic heterocycles. The van der Waals surface area contributed by atoms with Crippen molar-refractivity contribution in [1.29, 1.82) is 0 Å². The van der Waals surface area contributed by atoms with Crippen molar-refractivity contribution in [2.45, 2.75) is 26.2 Å². The summed E-state index contributed by atoms with van der Waals surface area (Å²) in [5.74, 6) is 0.624. The van der Waals surface area contributed by atoms with Gasteiger partial charge in [-0.15, -0.1) is 0 Å². The number of carbonyl (C=O) groups is 1. The van der Waals surface area contributed by atoms with Gasteiger partial charge >= 0.3 is 0 Å². The van der Waals surface area contributed by atoms with Crippen LogP contribution in [0.2, 0.25) is 0 Å². The van der Waals surface area contributed by atoms with Gasteiger partial charge in [0.1, 0.15) is 5.69 Å². The number of nitrogens with one attached hydrogen (secondary N) is 1. The number of rotatable bonds is 5. The van der Waals surface area contributed by atoms with Crippen LogP contribution in [0.15, 0.2) is 18.2 Å². The Balaban J connectivity index is 2.10. The Kier molecular flexibility index (Phi) is 4.22. The summed E-state index contributed by atoms with van der Waals surface area (Å²) in [5, 5.41) is 14.2. The summed E-state index contributed by atoms with van der Waals surface area (Å²) in [4.78, 5) is 21.6. The Morgan fingerprint density at radius 2 is 2.25 bits per heavy atom. The lowest BCUT2D eigenvalue weighted by Crippen LogP contribution is -2.14. The maximum atomic E-state index is 11.1. The Morgan fingerprint density at radius 1 is 1.50 bits per heavy atom. The SMILES string of the molecule is CC1CCC(CNc2ccc(C(N)=O)cc2[N+](=O)[O-])C1. The second kappa shape index (κ2) is 5.90. The van der Waals surface area contributed by atoms with Gasteiger partial charge in [-0.05, 0) is 36.8 Å². The van der Waals surface area contributed by atoms with E-state index in [9.17, 15) is 14.9 Å². The molecule has 20 heavy (non-hydrogen) atoms. The average molecular weight is 277 g/mol. The van der Waals surface area contributed by atoms with Crippen LogP contribution in [0.5, 0.6) is 0 Å². The minimum absolute atomic E-state index is 0.104. The second-order valence-corrected chi connectivity index (χ2v) is 5.52. The lowest BCUT2D eigenvalue weighted by Gasteiger charge is -2.12. The lowest BCUT2D eigenvalue weighted by molar-refractivity contribution is -0.384. The molecule has 0 bridgehead atoms. The topological polar surface area (TPSA) is 98.3 Å².